The fourth-order valence-electron chi connectivity index (χ4n) is 3.66. The van der Waals surface area contributed by atoms with Gasteiger partial charge in [0.15, 0.2) is 0 Å². The first-order valence-electron chi connectivity index (χ1n) is 8.78. The second-order valence-corrected chi connectivity index (χ2v) is 6.90. The molecule has 6 nitrogen and oxygen atoms in total. The third kappa shape index (κ3) is 3.88. The van der Waals surface area contributed by atoms with Crippen molar-refractivity contribution in [2.24, 2.45) is 0 Å². The second-order valence-electron chi connectivity index (χ2n) is 6.90. The smallest absolute Gasteiger partial charge is 0.244 e. The lowest BCUT2D eigenvalue weighted by Gasteiger charge is -2.40. The number of nitrogens with zero attached hydrogens (tertiary/aromatic N) is 2. The molecule has 132 valence electrons. The average molecular weight is 333 g/mol. The molecule has 0 aromatic heterocycles. The summed E-state index contributed by atoms with van der Waals surface area (Å²) in [6.45, 7) is 5.75. The fraction of sp³-hybridized carbons (Fsp3) is 0.611. The lowest BCUT2D eigenvalue weighted by atomic mass is 9.99. The Labute approximate surface area is 143 Å². The number of amides is 1. The van der Waals surface area contributed by atoms with Crippen LogP contribution in [-0.2, 0) is 4.79 Å². The van der Waals surface area contributed by atoms with Crippen LogP contribution in [0.3, 0.4) is 0 Å². The summed E-state index contributed by atoms with van der Waals surface area (Å²) < 4.78 is 0. The molecule has 2 saturated heterocycles. The van der Waals surface area contributed by atoms with Crippen LogP contribution in [0.25, 0.3) is 0 Å². The molecule has 3 N–H and O–H groups in total. The minimum atomic E-state index is -0.378. The average Bonchev–Trinajstić information content (AvgIpc) is 2.56. The summed E-state index contributed by atoms with van der Waals surface area (Å²) in [5.74, 6) is 0.254. The molecular weight excluding hydrogens is 306 g/mol. The molecule has 0 saturated carbocycles. The van der Waals surface area contributed by atoms with Crippen LogP contribution < -0.4 is 5.32 Å². The highest BCUT2D eigenvalue weighted by molar-refractivity contribution is 5.83. The Bertz CT molecular complexity index is 572. The number of aliphatic hydroxyl groups excluding tert-OH is 1. The van der Waals surface area contributed by atoms with Crippen molar-refractivity contribution in [3.05, 3.63) is 29.8 Å². The number of phenols is 1. The molecule has 1 amide bonds. The van der Waals surface area contributed by atoms with Crippen molar-refractivity contribution in [3.63, 3.8) is 0 Å². The Morgan fingerprint density at radius 1 is 1.29 bits per heavy atom. The first-order chi connectivity index (χ1) is 11.5. The van der Waals surface area contributed by atoms with Gasteiger partial charge in [-0.2, -0.15) is 0 Å². The van der Waals surface area contributed by atoms with E-state index in [0.717, 1.165) is 25.2 Å². The third-order valence-corrected chi connectivity index (χ3v) is 4.96. The van der Waals surface area contributed by atoms with E-state index in [2.05, 4.69) is 17.1 Å². The number of piperidine rings is 1. The second kappa shape index (κ2) is 7.51. The molecule has 1 aromatic rings. The largest absolute Gasteiger partial charge is 0.508 e. The molecule has 24 heavy (non-hydrogen) atoms. The van der Waals surface area contributed by atoms with Gasteiger partial charge >= 0.3 is 0 Å². The maximum absolute atomic E-state index is 13.2. The number of piperazine rings is 1. The van der Waals surface area contributed by atoms with Crippen molar-refractivity contribution in [1.82, 2.24) is 15.1 Å². The van der Waals surface area contributed by atoms with E-state index in [0.29, 0.717) is 32.0 Å². The number of phenolic OH excluding ortho intramolecular Hbond substituents is 1. The number of benzene rings is 1. The van der Waals surface area contributed by atoms with Crippen LogP contribution in [0, 0.1) is 0 Å². The van der Waals surface area contributed by atoms with Gasteiger partial charge in [-0.3, -0.25) is 9.69 Å². The summed E-state index contributed by atoms with van der Waals surface area (Å²) in [6, 6.07) is 6.97. The molecule has 0 bridgehead atoms. The van der Waals surface area contributed by atoms with E-state index >= 15 is 0 Å². The van der Waals surface area contributed by atoms with Crippen molar-refractivity contribution in [2.45, 2.75) is 38.0 Å². The van der Waals surface area contributed by atoms with E-state index in [1.165, 1.54) is 0 Å². The van der Waals surface area contributed by atoms with Gasteiger partial charge in [0.1, 0.15) is 11.8 Å². The molecule has 0 aliphatic carbocycles. The van der Waals surface area contributed by atoms with Crippen LogP contribution in [0.4, 0.5) is 0 Å². The number of rotatable bonds is 3. The molecule has 2 unspecified atom stereocenters. The van der Waals surface area contributed by atoms with Gasteiger partial charge in [0.2, 0.25) is 5.91 Å². The Kier molecular flexibility index (Phi) is 5.38. The number of aliphatic hydroxyl groups is 1. The monoisotopic (exact) mass is 333 g/mol. The molecule has 2 heterocycles. The van der Waals surface area contributed by atoms with Gasteiger partial charge in [0.25, 0.3) is 0 Å². The maximum atomic E-state index is 13.2. The molecule has 2 atom stereocenters. The van der Waals surface area contributed by atoms with Crippen LogP contribution in [0.1, 0.15) is 31.4 Å². The quantitative estimate of drug-likeness (QED) is 0.760. The van der Waals surface area contributed by atoms with Crippen molar-refractivity contribution in [2.75, 3.05) is 32.7 Å². The van der Waals surface area contributed by atoms with Crippen molar-refractivity contribution in [1.29, 1.82) is 0 Å². The van der Waals surface area contributed by atoms with Crippen LogP contribution in [-0.4, -0.2) is 70.8 Å². The summed E-state index contributed by atoms with van der Waals surface area (Å²) >= 11 is 0. The highest BCUT2D eigenvalue weighted by Gasteiger charge is 2.34. The number of nitrogens with one attached hydrogen (secondary N) is 1. The summed E-state index contributed by atoms with van der Waals surface area (Å²) in [5.41, 5.74) is 0.834. The minimum absolute atomic E-state index is 0.0709. The molecule has 2 fully saturated rings. The molecule has 0 spiro atoms. The van der Waals surface area contributed by atoms with E-state index < -0.39 is 0 Å². The van der Waals surface area contributed by atoms with Crippen LogP contribution in [0.5, 0.6) is 5.75 Å². The van der Waals surface area contributed by atoms with Gasteiger partial charge in [0, 0.05) is 38.8 Å². The first kappa shape index (κ1) is 17.2. The predicted molar refractivity (Wildman–Crippen MR) is 91.7 cm³/mol. The van der Waals surface area contributed by atoms with Crippen molar-refractivity contribution < 1.29 is 15.0 Å². The van der Waals surface area contributed by atoms with E-state index in [4.69, 9.17) is 0 Å². The summed E-state index contributed by atoms with van der Waals surface area (Å²) in [6.07, 6.45) is 0.972. The molecule has 1 aromatic carbocycles. The van der Waals surface area contributed by atoms with Crippen LogP contribution in [0.2, 0.25) is 0 Å². The van der Waals surface area contributed by atoms with Gasteiger partial charge in [-0.1, -0.05) is 12.1 Å². The van der Waals surface area contributed by atoms with E-state index in [1.807, 2.05) is 11.0 Å². The van der Waals surface area contributed by atoms with Gasteiger partial charge in [-0.25, -0.2) is 0 Å². The lowest BCUT2D eigenvalue weighted by molar-refractivity contribution is -0.139. The summed E-state index contributed by atoms with van der Waals surface area (Å²) in [7, 11) is 0. The Hall–Kier alpha value is -1.63. The van der Waals surface area contributed by atoms with Gasteiger partial charge in [0.05, 0.1) is 6.10 Å². The number of carbonyl (C=O) groups is 1. The standard InChI is InChI=1S/C18H27N3O3/c1-13-12-21(10-7-19-13)17(14-3-2-4-16(23)11-14)18(24)20-8-5-15(22)6-9-20/h2-4,11,13,15,17,19,22-23H,5-10,12H2,1H3. The van der Waals surface area contributed by atoms with Crippen molar-refractivity contribution in [3.8, 4) is 5.75 Å². The predicted octanol–water partition coefficient (Wildman–Crippen LogP) is 0.710. The molecule has 0 radical (unpaired) electrons. The number of likely N-dealkylation sites (tertiary alicyclic amines) is 1. The normalized spacial score (nSPS) is 24.8. The zero-order chi connectivity index (χ0) is 17.1. The fourth-order valence-corrected chi connectivity index (χ4v) is 3.66. The topological polar surface area (TPSA) is 76.0 Å². The highest BCUT2D eigenvalue weighted by Crippen LogP contribution is 2.28. The SMILES string of the molecule is CC1CN(C(C(=O)N2CCC(O)CC2)c2cccc(O)c2)CCN1. The number of hydrogen-bond donors (Lipinski definition) is 3. The summed E-state index contributed by atoms with van der Waals surface area (Å²) in [5, 5.41) is 22.9. The van der Waals surface area contributed by atoms with Gasteiger partial charge in [-0.15, -0.1) is 0 Å². The molecule has 6 heteroatoms. The third-order valence-electron chi connectivity index (χ3n) is 4.96. The molecule has 3 rings (SSSR count). The van der Waals surface area contributed by atoms with Crippen molar-refractivity contribution >= 4 is 5.91 Å². The molecular formula is C18H27N3O3. The minimum Gasteiger partial charge on any atom is -0.508 e. The first-order valence-corrected chi connectivity index (χ1v) is 8.78. The number of hydrogen-bond acceptors (Lipinski definition) is 5. The maximum Gasteiger partial charge on any atom is 0.244 e. The van der Waals surface area contributed by atoms with Gasteiger partial charge < -0.3 is 20.4 Å². The Morgan fingerprint density at radius 3 is 2.71 bits per heavy atom. The Morgan fingerprint density at radius 2 is 2.04 bits per heavy atom. The Balaban J connectivity index is 1.85. The molecule has 2 aliphatic rings. The molecule has 2 aliphatic heterocycles. The zero-order valence-electron chi connectivity index (χ0n) is 14.2. The van der Waals surface area contributed by atoms with E-state index in [-0.39, 0.29) is 23.8 Å². The van der Waals surface area contributed by atoms with Gasteiger partial charge in [-0.05, 0) is 37.5 Å². The van der Waals surface area contributed by atoms with Crippen LogP contribution >= 0.6 is 0 Å². The number of aromatic hydroxyl groups is 1. The highest BCUT2D eigenvalue weighted by atomic mass is 16.3. The zero-order valence-corrected chi connectivity index (χ0v) is 14.2. The van der Waals surface area contributed by atoms with E-state index in [9.17, 15) is 15.0 Å². The summed E-state index contributed by atoms with van der Waals surface area (Å²) in [4.78, 5) is 17.3. The lowest BCUT2D eigenvalue weighted by Crippen LogP contribution is -2.54. The van der Waals surface area contributed by atoms with E-state index in [1.54, 1.807) is 18.2 Å². The van der Waals surface area contributed by atoms with Crippen LogP contribution in [0.15, 0.2) is 24.3 Å². The number of carbonyl (C=O) groups excluding carboxylic acids is 1.